The molecule has 1 aromatic rings. The van der Waals surface area contributed by atoms with E-state index in [9.17, 15) is 13.6 Å². The van der Waals surface area contributed by atoms with Crippen molar-refractivity contribution in [3.63, 3.8) is 0 Å². The number of methoxy groups -OCH3 is 1. The van der Waals surface area contributed by atoms with Crippen molar-refractivity contribution in [1.82, 2.24) is 4.98 Å². The first-order chi connectivity index (χ1) is 7.45. The standard InChI is InChI=1S/C9H7ClF2INO2/c1-16-7(15)3-5-8(13)4(10)2-6(14-5)9(11)12/h2,9H,3H2,1H3. The molecule has 0 saturated carbocycles. The van der Waals surface area contributed by atoms with Gasteiger partial charge < -0.3 is 4.74 Å². The third-order valence-electron chi connectivity index (χ3n) is 1.76. The molecule has 1 heterocycles. The Hall–Kier alpha value is -0.500. The van der Waals surface area contributed by atoms with E-state index in [1.54, 1.807) is 0 Å². The number of alkyl halides is 2. The average Bonchev–Trinajstić information content (AvgIpc) is 2.23. The number of hydrogen-bond donors (Lipinski definition) is 0. The molecule has 0 radical (unpaired) electrons. The highest BCUT2D eigenvalue weighted by atomic mass is 127. The third kappa shape index (κ3) is 3.24. The minimum Gasteiger partial charge on any atom is -0.469 e. The van der Waals surface area contributed by atoms with Crippen LogP contribution in [-0.2, 0) is 16.0 Å². The van der Waals surface area contributed by atoms with E-state index in [1.165, 1.54) is 7.11 Å². The second-order valence-electron chi connectivity index (χ2n) is 2.84. The van der Waals surface area contributed by atoms with E-state index < -0.39 is 18.1 Å². The molecule has 3 nitrogen and oxygen atoms in total. The summed E-state index contributed by atoms with van der Waals surface area (Å²) in [5.41, 5.74) is -0.237. The summed E-state index contributed by atoms with van der Waals surface area (Å²) in [6.45, 7) is 0. The van der Waals surface area contributed by atoms with Gasteiger partial charge in [-0.25, -0.2) is 8.78 Å². The number of esters is 1. The molecule has 0 spiro atoms. The van der Waals surface area contributed by atoms with Gasteiger partial charge in [0, 0.05) is 0 Å². The molecule has 16 heavy (non-hydrogen) atoms. The van der Waals surface area contributed by atoms with Gasteiger partial charge in [-0.05, 0) is 28.7 Å². The predicted molar refractivity (Wildman–Crippen MR) is 62.6 cm³/mol. The first kappa shape index (κ1) is 13.6. The first-order valence-electron chi connectivity index (χ1n) is 4.15. The topological polar surface area (TPSA) is 39.2 Å². The van der Waals surface area contributed by atoms with Crippen molar-refractivity contribution in [2.45, 2.75) is 12.8 Å². The second-order valence-corrected chi connectivity index (χ2v) is 4.33. The zero-order valence-electron chi connectivity index (χ0n) is 8.14. The summed E-state index contributed by atoms with van der Waals surface area (Å²) in [6.07, 6.45) is -2.89. The Labute approximate surface area is 109 Å². The maximum absolute atomic E-state index is 12.4. The SMILES string of the molecule is COC(=O)Cc1nc(C(F)F)cc(Cl)c1I. The number of ether oxygens (including phenoxy) is 1. The number of carbonyl (C=O) groups is 1. The largest absolute Gasteiger partial charge is 0.469 e. The zero-order chi connectivity index (χ0) is 12.3. The number of aromatic nitrogens is 1. The molecule has 0 atom stereocenters. The molecule has 0 N–H and O–H groups in total. The Morgan fingerprint density at radius 1 is 1.69 bits per heavy atom. The van der Waals surface area contributed by atoms with Crippen LogP contribution < -0.4 is 0 Å². The Morgan fingerprint density at radius 3 is 2.81 bits per heavy atom. The van der Waals surface area contributed by atoms with E-state index in [0.29, 0.717) is 3.57 Å². The van der Waals surface area contributed by atoms with Crippen LogP contribution in [0.2, 0.25) is 5.02 Å². The van der Waals surface area contributed by atoms with Gasteiger partial charge >= 0.3 is 5.97 Å². The van der Waals surface area contributed by atoms with Crippen LogP contribution in [-0.4, -0.2) is 18.1 Å². The Bertz CT molecular complexity index is 415. The quantitative estimate of drug-likeness (QED) is 0.614. The molecule has 0 aromatic carbocycles. The first-order valence-corrected chi connectivity index (χ1v) is 5.61. The van der Waals surface area contributed by atoms with Crippen molar-refractivity contribution >= 4 is 40.2 Å². The fourth-order valence-corrected chi connectivity index (χ4v) is 1.69. The molecular formula is C9H7ClF2INO2. The number of pyridine rings is 1. The fourth-order valence-electron chi connectivity index (χ4n) is 1.01. The molecule has 0 amide bonds. The van der Waals surface area contributed by atoms with E-state index in [4.69, 9.17) is 11.6 Å². The Balaban J connectivity index is 3.11. The fraction of sp³-hybridized carbons (Fsp3) is 0.333. The van der Waals surface area contributed by atoms with Gasteiger partial charge in [-0.15, -0.1) is 0 Å². The zero-order valence-corrected chi connectivity index (χ0v) is 11.1. The molecule has 0 aliphatic carbocycles. The van der Waals surface area contributed by atoms with Crippen LogP contribution in [0.5, 0.6) is 0 Å². The predicted octanol–water partition coefficient (Wildman–Crippen LogP) is 2.99. The number of carbonyl (C=O) groups excluding carboxylic acids is 1. The molecule has 88 valence electrons. The summed E-state index contributed by atoms with van der Waals surface area (Å²) in [5, 5.41) is 0.157. The maximum atomic E-state index is 12.4. The van der Waals surface area contributed by atoms with Gasteiger partial charge in [0.05, 0.1) is 27.8 Å². The van der Waals surface area contributed by atoms with Crippen molar-refractivity contribution in [2.75, 3.05) is 7.11 Å². The molecule has 0 aliphatic heterocycles. The Morgan fingerprint density at radius 2 is 2.31 bits per heavy atom. The molecule has 1 aromatic heterocycles. The van der Waals surface area contributed by atoms with Crippen LogP contribution in [0.15, 0.2) is 6.07 Å². The van der Waals surface area contributed by atoms with Gasteiger partial charge in [0.2, 0.25) is 0 Å². The van der Waals surface area contributed by atoms with Crippen molar-refractivity contribution in [1.29, 1.82) is 0 Å². The van der Waals surface area contributed by atoms with Crippen molar-refractivity contribution in [2.24, 2.45) is 0 Å². The summed E-state index contributed by atoms with van der Waals surface area (Å²) in [5.74, 6) is -0.548. The van der Waals surface area contributed by atoms with Gasteiger partial charge in [-0.3, -0.25) is 9.78 Å². The molecule has 1 rings (SSSR count). The second kappa shape index (κ2) is 5.72. The molecule has 0 saturated heterocycles. The maximum Gasteiger partial charge on any atom is 0.311 e. The van der Waals surface area contributed by atoms with E-state index in [-0.39, 0.29) is 17.1 Å². The lowest BCUT2D eigenvalue weighted by Gasteiger charge is -2.07. The normalized spacial score (nSPS) is 10.6. The van der Waals surface area contributed by atoms with Gasteiger partial charge in [-0.1, -0.05) is 11.6 Å². The van der Waals surface area contributed by atoms with E-state index >= 15 is 0 Å². The minimum absolute atomic E-state index is 0.157. The summed E-state index contributed by atoms with van der Waals surface area (Å²) in [6, 6.07) is 1.09. The smallest absolute Gasteiger partial charge is 0.311 e. The summed E-state index contributed by atoms with van der Waals surface area (Å²) < 4.78 is 29.8. The van der Waals surface area contributed by atoms with Gasteiger partial charge in [0.1, 0.15) is 5.69 Å². The molecule has 0 fully saturated rings. The average molecular weight is 362 g/mol. The van der Waals surface area contributed by atoms with E-state index in [2.05, 4.69) is 9.72 Å². The molecule has 0 aliphatic rings. The summed E-state index contributed by atoms with van der Waals surface area (Å²) in [7, 11) is 1.22. The summed E-state index contributed by atoms with van der Waals surface area (Å²) >= 11 is 7.60. The van der Waals surface area contributed by atoms with E-state index in [0.717, 1.165) is 6.07 Å². The number of rotatable bonds is 3. The highest BCUT2D eigenvalue weighted by Gasteiger charge is 2.17. The lowest BCUT2D eigenvalue weighted by molar-refractivity contribution is -0.139. The van der Waals surface area contributed by atoms with Crippen molar-refractivity contribution < 1.29 is 18.3 Å². The third-order valence-corrected chi connectivity index (χ3v) is 3.59. The van der Waals surface area contributed by atoms with Crippen LogP contribution in [0.3, 0.4) is 0 Å². The van der Waals surface area contributed by atoms with E-state index in [1.807, 2.05) is 22.6 Å². The molecule has 0 bridgehead atoms. The number of nitrogens with zero attached hydrogens (tertiary/aromatic N) is 1. The lowest BCUT2D eigenvalue weighted by atomic mass is 10.2. The summed E-state index contributed by atoms with van der Waals surface area (Å²) in [4.78, 5) is 14.7. The van der Waals surface area contributed by atoms with Gasteiger partial charge in [0.25, 0.3) is 6.43 Å². The van der Waals surface area contributed by atoms with Crippen LogP contribution in [0.4, 0.5) is 8.78 Å². The van der Waals surface area contributed by atoms with Crippen LogP contribution in [0.25, 0.3) is 0 Å². The number of hydrogen-bond acceptors (Lipinski definition) is 3. The molecule has 0 unspecified atom stereocenters. The van der Waals surface area contributed by atoms with Gasteiger partial charge in [-0.2, -0.15) is 0 Å². The van der Waals surface area contributed by atoms with Crippen molar-refractivity contribution in [3.05, 3.63) is 26.0 Å². The molecular weight excluding hydrogens is 354 g/mol. The van der Waals surface area contributed by atoms with Crippen LogP contribution >= 0.6 is 34.2 Å². The molecule has 7 heteroatoms. The minimum atomic E-state index is -2.72. The number of halogens is 4. The Kier molecular flexibility index (Phi) is 4.85. The van der Waals surface area contributed by atoms with Crippen LogP contribution in [0.1, 0.15) is 17.8 Å². The lowest BCUT2D eigenvalue weighted by Crippen LogP contribution is -2.09. The van der Waals surface area contributed by atoms with Crippen molar-refractivity contribution in [3.8, 4) is 0 Å². The highest BCUT2D eigenvalue weighted by molar-refractivity contribution is 14.1. The monoisotopic (exact) mass is 361 g/mol. The van der Waals surface area contributed by atoms with Gasteiger partial charge in [0.15, 0.2) is 0 Å². The highest BCUT2D eigenvalue weighted by Crippen LogP contribution is 2.27. The van der Waals surface area contributed by atoms with Crippen LogP contribution in [0, 0.1) is 3.57 Å².